The third-order valence-electron chi connectivity index (χ3n) is 4.68. The molecule has 0 aliphatic heterocycles. The molecule has 0 fully saturated rings. The molecule has 0 heterocycles. The first kappa shape index (κ1) is 22.6. The van der Waals surface area contributed by atoms with Crippen molar-refractivity contribution in [1.82, 2.24) is 0 Å². The number of nitrogens with zero attached hydrogens (tertiary/aromatic N) is 2. The van der Waals surface area contributed by atoms with Crippen molar-refractivity contribution in [3.05, 3.63) is 54.1 Å². The SMILES string of the molecule is CCCCCCOc1ccc(N=Nc2ccc(C(=O)OC[C@H](C)CC)cc2)cc1. The molecule has 0 spiro atoms. The van der Waals surface area contributed by atoms with E-state index in [0.29, 0.717) is 23.8 Å². The van der Waals surface area contributed by atoms with Gasteiger partial charge >= 0.3 is 5.97 Å². The molecule has 0 amide bonds. The summed E-state index contributed by atoms with van der Waals surface area (Å²) in [5, 5.41) is 8.46. The maximum Gasteiger partial charge on any atom is 0.338 e. The highest BCUT2D eigenvalue weighted by Gasteiger charge is 2.09. The fourth-order valence-electron chi connectivity index (χ4n) is 2.53. The van der Waals surface area contributed by atoms with Crippen LogP contribution >= 0.6 is 0 Å². The second-order valence-corrected chi connectivity index (χ2v) is 7.26. The zero-order valence-electron chi connectivity index (χ0n) is 17.8. The first-order valence-electron chi connectivity index (χ1n) is 10.5. The van der Waals surface area contributed by atoms with E-state index in [1.807, 2.05) is 24.3 Å². The minimum absolute atomic E-state index is 0.306. The Morgan fingerprint density at radius 2 is 1.52 bits per heavy atom. The van der Waals surface area contributed by atoms with Gasteiger partial charge < -0.3 is 9.47 Å². The van der Waals surface area contributed by atoms with Gasteiger partial charge in [-0.1, -0.05) is 46.5 Å². The molecule has 29 heavy (non-hydrogen) atoms. The van der Waals surface area contributed by atoms with Crippen molar-refractivity contribution in [3.63, 3.8) is 0 Å². The van der Waals surface area contributed by atoms with E-state index in [4.69, 9.17) is 9.47 Å². The molecule has 0 saturated heterocycles. The van der Waals surface area contributed by atoms with Gasteiger partial charge in [-0.3, -0.25) is 0 Å². The van der Waals surface area contributed by atoms with Crippen molar-refractivity contribution >= 4 is 17.3 Å². The van der Waals surface area contributed by atoms with E-state index in [9.17, 15) is 4.79 Å². The molecular formula is C24H32N2O3. The van der Waals surface area contributed by atoms with Crippen LogP contribution in [-0.2, 0) is 4.74 Å². The summed E-state index contributed by atoms with van der Waals surface area (Å²) in [6, 6.07) is 14.5. The first-order valence-corrected chi connectivity index (χ1v) is 10.5. The van der Waals surface area contributed by atoms with Gasteiger partial charge in [0.25, 0.3) is 0 Å². The van der Waals surface area contributed by atoms with Crippen LogP contribution < -0.4 is 4.74 Å². The number of rotatable bonds is 12. The van der Waals surface area contributed by atoms with E-state index in [2.05, 4.69) is 31.0 Å². The molecular weight excluding hydrogens is 364 g/mol. The van der Waals surface area contributed by atoms with Gasteiger partial charge in [-0.25, -0.2) is 4.79 Å². The summed E-state index contributed by atoms with van der Waals surface area (Å²) in [5.41, 5.74) is 1.95. The molecule has 1 atom stereocenters. The predicted octanol–water partition coefficient (Wildman–Crippen LogP) is 7.26. The van der Waals surface area contributed by atoms with Crippen LogP contribution in [-0.4, -0.2) is 19.2 Å². The summed E-state index contributed by atoms with van der Waals surface area (Å²) in [7, 11) is 0. The summed E-state index contributed by atoms with van der Waals surface area (Å²) in [4.78, 5) is 12.0. The fourth-order valence-corrected chi connectivity index (χ4v) is 2.53. The van der Waals surface area contributed by atoms with E-state index < -0.39 is 0 Å². The molecule has 0 bridgehead atoms. The van der Waals surface area contributed by atoms with Crippen molar-refractivity contribution in [1.29, 1.82) is 0 Å². The van der Waals surface area contributed by atoms with Crippen molar-refractivity contribution < 1.29 is 14.3 Å². The van der Waals surface area contributed by atoms with E-state index in [0.717, 1.165) is 30.9 Å². The third kappa shape index (κ3) is 8.46. The average Bonchev–Trinajstić information content (AvgIpc) is 2.76. The largest absolute Gasteiger partial charge is 0.494 e. The minimum Gasteiger partial charge on any atom is -0.494 e. The van der Waals surface area contributed by atoms with Crippen LogP contribution in [0.25, 0.3) is 0 Å². The summed E-state index contributed by atoms with van der Waals surface area (Å²) in [6.07, 6.45) is 5.75. The van der Waals surface area contributed by atoms with Gasteiger partial charge in [-0.05, 0) is 60.9 Å². The van der Waals surface area contributed by atoms with Crippen molar-refractivity contribution in [3.8, 4) is 5.75 Å². The van der Waals surface area contributed by atoms with Crippen molar-refractivity contribution in [2.24, 2.45) is 16.1 Å². The highest BCUT2D eigenvalue weighted by molar-refractivity contribution is 5.89. The highest BCUT2D eigenvalue weighted by atomic mass is 16.5. The van der Waals surface area contributed by atoms with Crippen LogP contribution in [0.3, 0.4) is 0 Å². The van der Waals surface area contributed by atoms with Crippen molar-refractivity contribution in [2.45, 2.75) is 52.9 Å². The number of ether oxygens (including phenoxy) is 2. The van der Waals surface area contributed by atoms with Gasteiger partial charge in [-0.2, -0.15) is 10.2 Å². The number of hydrogen-bond acceptors (Lipinski definition) is 5. The molecule has 0 aliphatic rings. The Morgan fingerprint density at radius 3 is 2.10 bits per heavy atom. The van der Waals surface area contributed by atoms with Crippen LogP contribution in [0.1, 0.15) is 63.2 Å². The Morgan fingerprint density at radius 1 is 0.897 bits per heavy atom. The Kier molecular flexibility index (Phi) is 9.90. The van der Waals surface area contributed by atoms with Crippen LogP contribution in [0.15, 0.2) is 58.8 Å². The highest BCUT2D eigenvalue weighted by Crippen LogP contribution is 2.22. The Balaban J connectivity index is 1.82. The van der Waals surface area contributed by atoms with Crippen LogP contribution in [0.5, 0.6) is 5.75 Å². The normalized spacial score (nSPS) is 12.1. The molecule has 2 rings (SSSR count). The summed E-state index contributed by atoms with van der Waals surface area (Å²) >= 11 is 0. The second kappa shape index (κ2) is 12.7. The van der Waals surface area contributed by atoms with Gasteiger partial charge in [0, 0.05) is 0 Å². The fraction of sp³-hybridized carbons (Fsp3) is 0.458. The lowest BCUT2D eigenvalue weighted by atomic mass is 10.1. The zero-order valence-corrected chi connectivity index (χ0v) is 17.8. The molecule has 0 aromatic heterocycles. The molecule has 0 radical (unpaired) electrons. The second-order valence-electron chi connectivity index (χ2n) is 7.26. The Bertz CT molecular complexity index is 755. The molecule has 0 N–H and O–H groups in total. The summed E-state index contributed by atoms with van der Waals surface area (Å²) in [5.74, 6) is 0.907. The average molecular weight is 397 g/mol. The van der Waals surface area contributed by atoms with Gasteiger partial charge in [-0.15, -0.1) is 0 Å². The first-order chi connectivity index (χ1) is 14.1. The Labute approximate surface area is 174 Å². The molecule has 156 valence electrons. The molecule has 0 saturated carbocycles. The van der Waals surface area contributed by atoms with Crippen LogP contribution in [0.4, 0.5) is 11.4 Å². The molecule has 2 aromatic rings. The molecule has 5 nitrogen and oxygen atoms in total. The Hall–Kier alpha value is -2.69. The number of benzene rings is 2. The standard InChI is InChI=1S/C24H32N2O3/c1-4-6-7-8-17-28-23-15-13-22(14-16-23)26-25-21-11-9-20(10-12-21)24(27)29-18-19(3)5-2/h9-16,19H,4-8,17-18H2,1-3H3/t19-/m1/s1. The number of esters is 1. The van der Waals surface area contributed by atoms with E-state index in [1.54, 1.807) is 24.3 Å². The predicted molar refractivity (Wildman–Crippen MR) is 116 cm³/mol. The monoisotopic (exact) mass is 396 g/mol. The van der Waals surface area contributed by atoms with Gasteiger partial charge in [0.05, 0.1) is 30.2 Å². The summed E-state index contributed by atoms with van der Waals surface area (Å²) in [6.45, 7) is 7.52. The number of carbonyl (C=O) groups excluding carboxylic acids is 1. The number of hydrogen-bond donors (Lipinski definition) is 0. The summed E-state index contributed by atoms with van der Waals surface area (Å²) < 4.78 is 11.0. The van der Waals surface area contributed by atoms with Gasteiger partial charge in [0.1, 0.15) is 5.75 Å². The number of carbonyl (C=O) groups is 1. The molecule has 0 unspecified atom stereocenters. The van der Waals surface area contributed by atoms with Gasteiger partial charge in [0.15, 0.2) is 0 Å². The molecule has 2 aromatic carbocycles. The smallest absolute Gasteiger partial charge is 0.338 e. The molecule has 0 aliphatic carbocycles. The van der Waals surface area contributed by atoms with Gasteiger partial charge in [0.2, 0.25) is 0 Å². The zero-order chi connectivity index (χ0) is 20.9. The third-order valence-corrected chi connectivity index (χ3v) is 4.68. The van der Waals surface area contributed by atoms with Crippen LogP contribution in [0, 0.1) is 5.92 Å². The molecule has 5 heteroatoms. The number of unbranched alkanes of at least 4 members (excludes halogenated alkanes) is 3. The van der Waals surface area contributed by atoms with E-state index >= 15 is 0 Å². The number of azo groups is 1. The minimum atomic E-state index is -0.306. The van der Waals surface area contributed by atoms with Crippen LogP contribution in [0.2, 0.25) is 0 Å². The van der Waals surface area contributed by atoms with E-state index in [-0.39, 0.29) is 5.97 Å². The lowest BCUT2D eigenvalue weighted by Gasteiger charge is -2.09. The maximum absolute atomic E-state index is 12.0. The topological polar surface area (TPSA) is 60.2 Å². The quantitative estimate of drug-likeness (QED) is 0.215. The maximum atomic E-state index is 12.0. The lowest BCUT2D eigenvalue weighted by Crippen LogP contribution is -2.11. The van der Waals surface area contributed by atoms with Crippen molar-refractivity contribution in [2.75, 3.05) is 13.2 Å². The van der Waals surface area contributed by atoms with E-state index in [1.165, 1.54) is 19.3 Å². The lowest BCUT2D eigenvalue weighted by molar-refractivity contribution is 0.0447.